The summed E-state index contributed by atoms with van der Waals surface area (Å²) in [6, 6.07) is 5.51. The van der Waals surface area contributed by atoms with Crippen molar-refractivity contribution in [3.05, 3.63) is 39.8 Å². The largest absolute Gasteiger partial charge is 0.488 e. The zero-order chi connectivity index (χ0) is 11.3. The number of ether oxygens (including phenoxy) is 1. The first-order chi connectivity index (χ1) is 7.13. The Morgan fingerprint density at radius 3 is 3.00 bits per heavy atom. The van der Waals surface area contributed by atoms with E-state index < -0.39 is 0 Å². The molecule has 0 fully saturated rings. The molecule has 0 aliphatic carbocycles. The third-order valence-electron chi connectivity index (χ3n) is 1.75. The minimum Gasteiger partial charge on any atom is -0.488 e. The summed E-state index contributed by atoms with van der Waals surface area (Å²) < 4.78 is 6.48. The fourth-order valence-corrected chi connectivity index (χ4v) is 1.58. The van der Waals surface area contributed by atoms with Crippen LogP contribution in [-0.2, 0) is 0 Å². The molecule has 15 heavy (non-hydrogen) atoms. The topological polar surface area (TPSA) is 21.3 Å². The van der Waals surface area contributed by atoms with Crippen LogP contribution in [0.4, 0.5) is 0 Å². The van der Waals surface area contributed by atoms with E-state index in [1.165, 1.54) is 0 Å². The summed E-state index contributed by atoms with van der Waals surface area (Å²) in [5.74, 6) is 0.670. The monoisotopic (exact) mass is 289 g/mol. The maximum absolute atomic E-state index is 5.97. The minimum atomic E-state index is 0.469. The van der Waals surface area contributed by atoms with Crippen molar-refractivity contribution < 1.29 is 4.74 Å². The van der Waals surface area contributed by atoms with Crippen LogP contribution in [0, 0.1) is 0 Å². The van der Waals surface area contributed by atoms with Gasteiger partial charge in [-0.15, -0.1) is 0 Å². The molecule has 0 aromatic heterocycles. The first kappa shape index (κ1) is 12.6. The van der Waals surface area contributed by atoms with Gasteiger partial charge in [0.2, 0.25) is 0 Å². The summed E-state index contributed by atoms with van der Waals surface area (Å²) in [6.45, 7) is 5.08. The third kappa shape index (κ3) is 4.24. The molecule has 4 heteroatoms. The van der Waals surface area contributed by atoms with Crippen LogP contribution in [0.2, 0.25) is 5.02 Å². The van der Waals surface area contributed by atoms with Gasteiger partial charge < -0.3 is 10.1 Å². The Morgan fingerprint density at radius 1 is 1.60 bits per heavy atom. The lowest BCUT2D eigenvalue weighted by Gasteiger charge is -2.09. The van der Waals surface area contributed by atoms with Gasteiger partial charge in [0.15, 0.2) is 0 Å². The van der Waals surface area contributed by atoms with Gasteiger partial charge in [-0.1, -0.05) is 34.1 Å². The molecule has 1 N–H and O–H groups in total. The Morgan fingerprint density at radius 2 is 2.33 bits per heavy atom. The average molecular weight is 291 g/mol. The Bertz CT molecular complexity index is 354. The second kappa shape index (κ2) is 6.16. The molecular formula is C11H13BrClNO. The molecule has 82 valence electrons. The normalized spacial score (nSPS) is 10.1. The lowest BCUT2D eigenvalue weighted by Crippen LogP contribution is -2.14. The predicted molar refractivity (Wildman–Crippen MR) is 67.7 cm³/mol. The summed E-state index contributed by atoms with van der Waals surface area (Å²) in [4.78, 5) is 0. The lowest BCUT2D eigenvalue weighted by atomic mass is 10.3. The molecule has 0 radical (unpaired) electrons. The van der Waals surface area contributed by atoms with E-state index in [0.29, 0.717) is 17.4 Å². The number of nitrogens with one attached hydrogen (secondary N) is 1. The number of likely N-dealkylation sites (N-methyl/N-ethyl adjacent to an activating group) is 1. The molecule has 0 saturated heterocycles. The van der Waals surface area contributed by atoms with Gasteiger partial charge in [-0.05, 0) is 30.8 Å². The predicted octanol–water partition coefficient (Wildman–Crippen LogP) is 3.26. The zero-order valence-electron chi connectivity index (χ0n) is 8.52. The molecule has 0 unspecified atom stereocenters. The minimum absolute atomic E-state index is 0.469. The third-order valence-corrected chi connectivity index (χ3v) is 2.56. The molecule has 0 heterocycles. The summed E-state index contributed by atoms with van der Waals surface area (Å²) in [5, 5.41) is 3.61. The highest BCUT2D eigenvalue weighted by molar-refractivity contribution is 9.10. The van der Waals surface area contributed by atoms with Crippen LogP contribution in [0.5, 0.6) is 5.75 Å². The molecular weight excluding hydrogens is 277 g/mol. The molecule has 0 saturated carbocycles. The summed E-state index contributed by atoms with van der Waals surface area (Å²) in [6.07, 6.45) is 0. The van der Waals surface area contributed by atoms with E-state index in [0.717, 1.165) is 16.6 Å². The Kier molecular flexibility index (Phi) is 5.15. The van der Waals surface area contributed by atoms with Gasteiger partial charge in [0, 0.05) is 11.0 Å². The first-order valence-corrected chi connectivity index (χ1v) is 5.69. The number of benzene rings is 1. The van der Waals surface area contributed by atoms with Crippen molar-refractivity contribution in [2.24, 2.45) is 0 Å². The van der Waals surface area contributed by atoms with E-state index in [9.17, 15) is 0 Å². The van der Waals surface area contributed by atoms with Crippen LogP contribution in [0.15, 0.2) is 34.8 Å². The van der Waals surface area contributed by atoms with E-state index in [1.54, 1.807) is 6.07 Å². The molecule has 2 nitrogen and oxygen atoms in total. The van der Waals surface area contributed by atoms with E-state index in [2.05, 4.69) is 27.8 Å². The maximum atomic E-state index is 5.97. The maximum Gasteiger partial charge on any atom is 0.139 e. The van der Waals surface area contributed by atoms with E-state index in [-0.39, 0.29) is 0 Å². The van der Waals surface area contributed by atoms with Crippen LogP contribution >= 0.6 is 27.5 Å². The van der Waals surface area contributed by atoms with Crippen molar-refractivity contribution in [3.63, 3.8) is 0 Å². The highest BCUT2D eigenvalue weighted by Gasteiger charge is 2.02. The number of hydrogen-bond acceptors (Lipinski definition) is 2. The lowest BCUT2D eigenvalue weighted by molar-refractivity contribution is 0.349. The van der Waals surface area contributed by atoms with E-state index in [1.807, 2.05) is 19.2 Å². The Balaban J connectivity index is 2.57. The molecule has 0 atom stereocenters. The average Bonchev–Trinajstić information content (AvgIpc) is 2.20. The second-order valence-corrected chi connectivity index (χ2v) is 4.47. The van der Waals surface area contributed by atoms with Gasteiger partial charge in [0.05, 0.1) is 5.02 Å². The van der Waals surface area contributed by atoms with Crippen LogP contribution in [0.25, 0.3) is 0 Å². The molecule has 1 aromatic carbocycles. The molecule has 1 aromatic rings. The summed E-state index contributed by atoms with van der Waals surface area (Å²) in [5.41, 5.74) is 0.980. The molecule has 0 bridgehead atoms. The van der Waals surface area contributed by atoms with Crippen molar-refractivity contribution in [3.8, 4) is 5.75 Å². The van der Waals surface area contributed by atoms with Gasteiger partial charge in [-0.25, -0.2) is 0 Å². The highest BCUT2D eigenvalue weighted by Crippen LogP contribution is 2.28. The smallest absolute Gasteiger partial charge is 0.139 e. The first-order valence-electron chi connectivity index (χ1n) is 4.52. The summed E-state index contributed by atoms with van der Waals surface area (Å²) >= 11 is 9.33. The van der Waals surface area contributed by atoms with Crippen LogP contribution in [0.3, 0.4) is 0 Å². The molecule has 0 aliphatic rings. The fourth-order valence-electron chi connectivity index (χ4n) is 1.07. The molecule has 0 spiro atoms. The fraction of sp³-hybridized carbons (Fsp3) is 0.273. The molecule has 1 rings (SSSR count). The van der Waals surface area contributed by atoms with Crippen molar-refractivity contribution in [2.45, 2.75) is 0 Å². The van der Waals surface area contributed by atoms with Crippen LogP contribution in [0.1, 0.15) is 0 Å². The van der Waals surface area contributed by atoms with E-state index >= 15 is 0 Å². The summed E-state index contributed by atoms with van der Waals surface area (Å²) in [7, 11) is 1.87. The highest BCUT2D eigenvalue weighted by atomic mass is 79.9. The Hall–Kier alpha value is -0.510. The quantitative estimate of drug-likeness (QED) is 0.841. The van der Waals surface area contributed by atoms with Gasteiger partial charge in [-0.2, -0.15) is 0 Å². The number of halogens is 2. The second-order valence-electron chi connectivity index (χ2n) is 3.14. The van der Waals surface area contributed by atoms with Gasteiger partial charge in [-0.3, -0.25) is 0 Å². The number of hydrogen-bond donors (Lipinski definition) is 1. The van der Waals surface area contributed by atoms with Crippen molar-refractivity contribution in [1.29, 1.82) is 0 Å². The van der Waals surface area contributed by atoms with Gasteiger partial charge in [0.1, 0.15) is 12.4 Å². The Labute approximate surface area is 103 Å². The standard InChI is InChI=1S/C11H13BrClNO/c1-8(6-14-2)7-15-11-5-9(12)3-4-10(11)13/h3-5,14H,1,6-7H2,2H3. The van der Waals surface area contributed by atoms with Gasteiger partial charge in [0.25, 0.3) is 0 Å². The van der Waals surface area contributed by atoms with Crippen LogP contribution in [-0.4, -0.2) is 20.2 Å². The van der Waals surface area contributed by atoms with Gasteiger partial charge >= 0.3 is 0 Å². The molecule has 0 aliphatic heterocycles. The SMILES string of the molecule is C=C(CNC)COc1cc(Br)ccc1Cl. The van der Waals surface area contributed by atoms with Crippen molar-refractivity contribution >= 4 is 27.5 Å². The van der Waals surface area contributed by atoms with E-state index in [4.69, 9.17) is 16.3 Å². The van der Waals surface area contributed by atoms with Crippen molar-refractivity contribution in [2.75, 3.05) is 20.2 Å². The van der Waals surface area contributed by atoms with Crippen molar-refractivity contribution in [1.82, 2.24) is 5.32 Å². The number of rotatable bonds is 5. The molecule has 0 amide bonds. The zero-order valence-corrected chi connectivity index (χ0v) is 10.9. The van der Waals surface area contributed by atoms with Crippen LogP contribution < -0.4 is 10.1 Å².